The van der Waals surface area contributed by atoms with Crippen LogP contribution in [0.2, 0.25) is 0 Å². The molecule has 0 aromatic carbocycles. The van der Waals surface area contributed by atoms with Gasteiger partial charge in [-0.1, -0.05) is 0 Å². The molecule has 0 unspecified atom stereocenters. The third-order valence-corrected chi connectivity index (χ3v) is 2.76. The smallest absolute Gasteiger partial charge is 0.248 e. The van der Waals surface area contributed by atoms with Gasteiger partial charge < -0.3 is 10.2 Å². The summed E-state index contributed by atoms with van der Waals surface area (Å²) < 4.78 is 0. The van der Waals surface area contributed by atoms with Crippen LogP contribution in [0.3, 0.4) is 0 Å². The fourth-order valence-electron chi connectivity index (χ4n) is 1.91. The Bertz CT molecular complexity index is 480. The number of tetrazole rings is 1. The van der Waals surface area contributed by atoms with Crippen molar-refractivity contribution in [2.24, 2.45) is 7.05 Å². The second kappa shape index (κ2) is 4.35. The minimum Gasteiger partial charge on any atom is -0.342 e. The van der Waals surface area contributed by atoms with Gasteiger partial charge >= 0.3 is 0 Å². The van der Waals surface area contributed by atoms with E-state index in [4.69, 9.17) is 0 Å². The van der Waals surface area contributed by atoms with Crippen molar-refractivity contribution in [2.45, 2.75) is 32.4 Å². The Kier molecular flexibility index (Phi) is 3.02. The Morgan fingerprint density at radius 2 is 2.11 bits per heavy atom. The number of aryl methyl sites for hydroxylation is 1. The maximum Gasteiger partial charge on any atom is 0.248 e. The van der Waals surface area contributed by atoms with Crippen molar-refractivity contribution in [3.8, 4) is 0 Å². The predicted octanol–water partition coefficient (Wildman–Crippen LogP) is -1.16. The highest BCUT2D eigenvalue weighted by molar-refractivity contribution is 5.92. The van der Waals surface area contributed by atoms with E-state index in [1.807, 2.05) is 0 Å². The number of carbonyl (C=O) groups is 2. The molecule has 18 heavy (non-hydrogen) atoms. The van der Waals surface area contributed by atoms with Gasteiger partial charge in [0.1, 0.15) is 5.54 Å². The summed E-state index contributed by atoms with van der Waals surface area (Å²) >= 11 is 0. The van der Waals surface area contributed by atoms with Crippen LogP contribution in [-0.4, -0.2) is 49.0 Å². The van der Waals surface area contributed by atoms with Gasteiger partial charge in [0.2, 0.25) is 11.8 Å². The van der Waals surface area contributed by atoms with E-state index in [1.54, 1.807) is 25.8 Å². The lowest BCUT2D eigenvalue weighted by Gasteiger charge is -2.27. The van der Waals surface area contributed by atoms with Crippen LogP contribution in [0.4, 0.5) is 0 Å². The molecule has 8 heteroatoms. The fourth-order valence-corrected chi connectivity index (χ4v) is 1.91. The number of nitrogens with zero attached hydrogens (tertiary/aromatic N) is 5. The maximum absolute atomic E-state index is 12.3. The van der Waals surface area contributed by atoms with E-state index in [0.717, 1.165) is 0 Å². The summed E-state index contributed by atoms with van der Waals surface area (Å²) in [7, 11) is 1.66. The van der Waals surface area contributed by atoms with Crippen LogP contribution in [0.1, 0.15) is 26.1 Å². The van der Waals surface area contributed by atoms with Gasteiger partial charge in [0.25, 0.3) is 0 Å². The van der Waals surface area contributed by atoms with Crippen LogP contribution < -0.4 is 5.32 Å². The summed E-state index contributed by atoms with van der Waals surface area (Å²) in [6.45, 7) is 4.02. The van der Waals surface area contributed by atoms with Crippen LogP contribution in [0.15, 0.2) is 0 Å². The molecular formula is C10H16N6O2. The maximum atomic E-state index is 12.3. The molecule has 0 bridgehead atoms. The molecule has 1 aliphatic heterocycles. The SMILES string of the molecule is Cn1nnc(CN2CCC(=O)NC(C)(C)C2=O)n1. The van der Waals surface area contributed by atoms with Gasteiger partial charge in [-0.2, -0.15) is 4.80 Å². The van der Waals surface area contributed by atoms with Crippen molar-refractivity contribution in [2.75, 3.05) is 6.54 Å². The van der Waals surface area contributed by atoms with E-state index in [0.29, 0.717) is 12.4 Å². The zero-order chi connectivity index (χ0) is 13.3. The summed E-state index contributed by atoms with van der Waals surface area (Å²) in [5.74, 6) is 0.208. The predicted molar refractivity (Wildman–Crippen MR) is 61.1 cm³/mol. The summed E-state index contributed by atoms with van der Waals surface area (Å²) in [5, 5.41) is 14.3. The molecule has 1 N–H and O–H groups in total. The lowest BCUT2D eigenvalue weighted by Crippen LogP contribution is -2.52. The van der Waals surface area contributed by atoms with Gasteiger partial charge in [-0.3, -0.25) is 9.59 Å². The fraction of sp³-hybridized carbons (Fsp3) is 0.700. The number of hydrogen-bond donors (Lipinski definition) is 1. The minimum absolute atomic E-state index is 0.122. The first-order valence-corrected chi connectivity index (χ1v) is 5.72. The molecule has 0 radical (unpaired) electrons. The molecular weight excluding hydrogens is 236 g/mol. The molecule has 1 fully saturated rings. The quantitative estimate of drug-likeness (QED) is 0.716. The Hall–Kier alpha value is -1.99. The summed E-state index contributed by atoms with van der Waals surface area (Å²) in [4.78, 5) is 26.7. The average Bonchev–Trinajstić information content (AvgIpc) is 2.64. The van der Waals surface area contributed by atoms with Gasteiger partial charge in [-0.25, -0.2) is 0 Å². The second-order valence-corrected chi connectivity index (χ2v) is 4.84. The van der Waals surface area contributed by atoms with Gasteiger partial charge in [-0.15, -0.1) is 10.2 Å². The largest absolute Gasteiger partial charge is 0.342 e. The van der Waals surface area contributed by atoms with E-state index < -0.39 is 5.54 Å². The molecule has 0 atom stereocenters. The lowest BCUT2D eigenvalue weighted by atomic mass is 10.0. The molecule has 0 spiro atoms. The third-order valence-electron chi connectivity index (χ3n) is 2.76. The van der Waals surface area contributed by atoms with Gasteiger partial charge in [0.05, 0.1) is 13.6 Å². The first kappa shape index (κ1) is 12.5. The van der Waals surface area contributed by atoms with Crippen LogP contribution >= 0.6 is 0 Å². The normalized spacial score (nSPS) is 19.6. The van der Waals surface area contributed by atoms with Gasteiger partial charge in [-0.05, 0) is 19.1 Å². The van der Waals surface area contributed by atoms with Crippen LogP contribution in [0.25, 0.3) is 0 Å². The zero-order valence-corrected chi connectivity index (χ0v) is 10.7. The molecule has 2 heterocycles. The minimum atomic E-state index is -0.893. The molecule has 2 rings (SSSR count). The van der Waals surface area contributed by atoms with E-state index in [9.17, 15) is 9.59 Å². The molecule has 1 aromatic rings. The topological polar surface area (TPSA) is 93.0 Å². The first-order valence-electron chi connectivity index (χ1n) is 5.72. The molecule has 0 aliphatic carbocycles. The summed E-state index contributed by atoms with van der Waals surface area (Å²) in [5.41, 5.74) is -0.893. The van der Waals surface area contributed by atoms with Crippen molar-refractivity contribution < 1.29 is 9.59 Å². The molecule has 1 saturated heterocycles. The lowest BCUT2D eigenvalue weighted by molar-refractivity contribution is -0.137. The van der Waals surface area contributed by atoms with Crippen LogP contribution in [-0.2, 0) is 23.2 Å². The number of amides is 2. The number of hydrogen-bond acceptors (Lipinski definition) is 5. The monoisotopic (exact) mass is 252 g/mol. The molecule has 2 amide bonds. The van der Waals surface area contributed by atoms with Crippen molar-refractivity contribution in [3.63, 3.8) is 0 Å². The van der Waals surface area contributed by atoms with E-state index in [1.165, 1.54) is 4.80 Å². The second-order valence-electron chi connectivity index (χ2n) is 4.84. The van der Waals surface area contributed by atoms with Gasteiger partial charge in [0.15, 0.2) is 5.82 Å². The summed E-state index contributed by atoms with van der Waals surface area (Å²) in [6, 6.07) is 0. The van der Waals surface area contributed by atoms with Crippen molar-refractivity contribution in [3.05, 3.63) is 5.82 Å². The molecule has 98 valence electrons. The molecule has 1 aliphatic rings. The molecule has 0 saturated carbocycles. The van der Waals surface area contributed by atoms with Crippen molar-refractivity contribution >= 4 is 11.8 Å². The van der Waals surface area contributed by atoms with E-state index in [-0.39, 0.29) is 24.8 Å². The highest BCUT2D eigenvalue weighted by Gasteiger charge is 2.36. The van der Waals surface area contributed by atoms with Crippen molar-refractivity contribution in [1.29, 1.82) is 0 Å². The van der Waals surface area contributed by atoms with E-state index >= 15 is 0 Å². The summed E-state index contributed by atoms with van der Waals surface area (Å²) in [6.07, 6.45) is 0.287. The molecule has 1 aromatic heterocycles. The standard InChI is InChI=1S/C10H16N6O2/c1-10(2)9(18)16(5-4-8(17)11-10)6-7-12-14-15(3)13-7/h4-6H2,1-3H3,(H,11,17). The van der Waals surface area contributed by atoms with Gasteiger partial charge in [0, 0.05) is 13.0 Å². The zero-order valence-electron chi connectivity index (χ0n) is 10.7. The Morgan fingerprint density at radius 3 is 2.72 bits per heavy atom. The average molecular weight is 252 g/mol. The highest BCUT2D eigenvalue weighted by Crippen LogP contribution is 2.14. The Morgan fingerprint density at radius 1 is 1.39 bits per heavy atom. The highest BCUT2D eigenvalue weighted by atomic mass is 16.2. The number of carbonyl (C=O) groups excluding carboxylic acids is 2. The Labute approximate surface area is 104 Å². The van der Waals surface area contributed by atoms with Crippen LogP contribution in [0, 0.1) is 0 Å². The number of rotatable bonds is 2. The third kappa shape index (κ3) is 2.47. The van der Waals surface area contributed by atoms with E-state index in [2.05, 4.69) is 20.7 Å². The molecule has 8 nitrogen and oxygen atoms in total. The first-order chi connectivity index (χ1) is 8.38. The van der Waals surface area contributed by atoms with Crippen LogP contribution in [0.5, 0.6) is 0 Å². The number of nitrogens with one attached hydrogen (secondary N) is 1. The Balaban J connectivity index is 2.16. The number of aromatic nitrogens is 4. The van der Waals surface area contributed by atoms with Crippen molar-refractivity contribution in [1.82, 2.24) is 30.4 Å².